The van der Waals surface area contributed by atoms with E-state index in [0.29, 0.717) is 18.0 Å². The van der Waals surface area contributed by atoms with Gasteiger partial charge < -0.3 is 5.73 Å². The average molecular weight is 333 g/mol. The summed E-state index contributed by atoms with van der Waals surface area (Å²) in [6, 6.07) is 10.4. The standard InChI is InChI=1S/C17H14ClFN2S/c18-15-3-1-2-11(10-20)17(15)14-5-4-13(19)8-12(14)9-16-21-6-7-22-16/h1-8H,9-10,20H2. The van der Waals surface area contributed by atoms with Crippen molar-refractivity contribution in [1.29, 1.82) is 0 Å². The van der Waals surface area contributed by atoms with Gasteiger partial charge in [0.2, 0.25) is 0 Å². The van der Waals surface area contributed by atoms with Gasteiger partial charge in [0.05, 0.1) is 5.01 Å². The molecule has 0 aliphatic carbocycles. The molecule has 2 N–H and O–H groups in total. The van der Waals surface area contributed by atoms with Gasteiger partial charge in [0.25, 0.3) is 0 Å². The summed E-state index contributed by atoms with van der Waals surface area (Å²) in [5.41, 5.74) is 9.41. The molecule has 0 aliphatic rings. The molecule has 3 aromatic rings. The zero-order valence-corrected chi connectivity index (χ0v) is 13.3. The first-order valence-electron chi connectivity index (χ1n) is 6.83. The van der Waals surface area contributed by atoms with Crippen LogP contribution in [0, 0.1) is 5.82 Å². The summed E-state index contributed by atoms with van der Waals surface area (Å²) in [4.78, 5) is 4.28. The molecule has 1 aromatic heterocycles. The topological polar surface area (TPSA) is 38.9 Å². The number of rotatable bonds is 4. The first-order valence-corrected chi connectivity index (χ1v) is 8.09. The van der Waals surface area contributed by atoms with E-state index in [1.54, 1.807) is 29.7 Å². The molecule has 1 heterocycles. The summed E-state index contributed by atoms with van der Waals surface area (Å²) < 4.78 is 13.7. The Kier molecular flexibility index (Phi) is 4.52. The summed E-state index contributed by atoms with van der Waals surface area (Å²) >= 11 is 7.92. The lowest BCUT2D eigenvalue weighted by atomic mass is 9.94. The van der Waals surface area contributed by atoms with Crippen LogP contribution in [0.5, 0.6) is 0 Å². The Hall–Kier alpha value is -1.75. The average Bonchev–Trinajstić information content (AvgIpc) is 3.01. The third-order valence-corrected chi connectivity index (χ3v) is 4.58. The SMILES string of the molecule is NCc1cccc(Cl)c1-c1ccc(F)cc1Cc1nccs1. The maximum atomic E-state index is 13.7. The Morgan fingerprint density at radius 3 is 2.77 bits per heavy atom. The summed E-state index contributed by atoms with van der Waals surface area (Å²) in [7, 11) is 0. The molecule has 0 amide bonds. The number of nitrogens with zero attached hydrogens (tertiary/aromatic N) is 1. The smallest absolute Gasteiger partial charge is 0.123 e. The molecule has 0 saturated heterocycles. The molecular formula is C17H14ClFN2S. The first kappa shape index (κ1) is 15.2. The molecule has 0 spiro atoms. The van der Waals surface area contributed by atoms with Gasteiger partial charge >= 0.3 is 0 Å². The van der Waals surface area contributed by atoms with Crippen molar-refractivity contribution in [3.05, 3.63) is 74.9 Å². The Morgan fingerprint density at radius 2 is 2.05 bits per heavy atom. The molecule has 0 radical (unpaired) electrons. The highest BCUT2D eigenvalue weighted by molar-refractivity contribution is 7.09. The number of nitrogens with two attached hydrogens (primary N) is 1. The van der Waals surface area contributed by atoms with Crippen LogP contribution in [0.4, 0.5) is 4.39 Å². The molecule has 0 aliphatic heterocycles. The molecular weight excluding hydrogens is 319 g/mol. The lowest BCUT2D eigenvalue weighted by Crippen LogP contribution is -2.02. The molecule has 2 aromatic carbocycles. The molecule has 0 fully saturated rings. The zero-order chi connectivity index (χ0) is 15.5. The fourth-order valence-corrected chi connectivity index (χ4v) is 3.43. The van der Waals surface area contributed by atoms with Gasteiger partial charge in [-0.25, -0.2) is 9.37 Å². The van der Waals surface area contributed by atoms with Crippen molar-refractivity contribution in [3.8, 4) is 11.1 Å². The van der Waals surface area contributed by atoms with E-state index in [2.05, 4.69) is 4.98 Å². The third-order valence-electron chi connectivity index (χ3n) is 3.48. The highest BCUT2D eigenvalue weighted by atomic mass is 35.5. The van der Waals surface area contributed by atoms with Gasteiger partial charge in [-0.15, -0.1) is 11.3 Å². The Morgan fingerprint density at radius 1 is 1.18 bits per heavy atom. The fourth-order valence-electron chi connectivity index (χ4n) is 2.50. The zero-order valence-electron chi connectivity index (χ0n) is 11.7. The monoisotopic (exact) mass is 332 g/mol. The molecule has 5 heteroatoms. The van der Waals surface area contributed by atoms with Crippen molar-refractivity contribution >= 4 is 22.9 Å². The van der Waals surface area contributed by atoms with E-state index in [1.807, 2.05) is 23.6 Å². The van der Waals surface area contributed by atoms with E-state index < -0.39 is 0 Å². The van der Waals surface area contributed by atoms with Crippen LogP contribution in [-0.2, 0) is 13.0 Å². The molecule has 0 saturated carbocycles. The van der Waals surface area contributed by atoms with Crippen molar-refractivity contribution < 1.29 is 4.39 Å². The molecule has 3 rings (SSSR count). The summed E-state index contributed by atoms with van der Waals surface area (Å²) in [6.45, 7) is 0.379. The van der Waals surface area contributed by atoms with Crippen molar-refractivity contribution in [2.45, 2.75) is 13.0 Å². The second-order valence-electron chi connectivity index (χ2n) is 4.88. The fraction of sp³-hybridized carbons (Fsp3) is 0.118. The van der Waals surface area contributed by atoms with Gasteiger partial charge in [0.15, 0.2) is 0 Å². The van der Waals surface area contributed by atoms with Gasteiger partial charge in [-0.3, -0.25) is 0 Å². The highest BCUT2D eigenvalue weighted by Gasteiger charge is 2.14. The summed E-state index contributed by atoms with van der Waals surface area (Å²) in [5, 5.41) is 3.47. The minimum absolute atomic E-state index is 0.267. The molecule has 0 atom stereocenters. The van der Waals surface area contributed by atoms with Crippen LogP contribution in [0.2, 0.25) is 5.02 Å². The van der Waals surface area contributed by atoms with Crippen molar-refractivity contribution in [2.24, 2.45) is 5.73 Å². The van der Waals surface area contributed by atoms with Gasteiger partial charge in [0.1, 0.15) is 5.82 Å². The van der Waals surface area contributed by atoms with Crippen LogP contribution >= 0.6 is 22.9 Å². The van der Waals surface area contributed by atoms with Crippen LogP contribution in [0.3, 0.4) is 0 Å². The van der Waals surface area contributed by atoms with Crippen LogP contribution in [0.1, 0.15) is 16.1 Å². The Labute approximate surface area is 137 Å². The number of hydrogen-bond acceptors (Lipinski definition) is 3. The van der Waals surface area contributed by atoms with E-state index in [9.17, 15) is 4.39 Å². The maximum absolute atomic E-state index is 13.7. The Balaban J connectivity index is 2.15. The number of thiazole rings is 1. The minimum atomic E-state index is -0.267. The molecule has 22 heavy (non-hydrogen) atoms. The van der Waals surface area contributed by atoms with Crippen LogP contribution in [0.15, 0.2) is 48.0 Å². The number of benzene rings is 2. The largest absolute Gasteiger partial charge is 0.326 e. The van der Waals surface area contributed by atoms with E-state index >= 15 is 0 Å². The van der Waals surface area contributed by atoms with Gasteiger partial charge in [-0.1, -0.05) is 29.8 Å². The molecule has 2 nitrogen and oxygen atoms in total. The van der Waals surface area contributed by atoms with Crippen molar-refractivity contribution in [3.63, 3.8) is 0 Å². The second kappa shape index (κ2) is 6.57. The number of hydrogen-bond donors (Lipinski definition) is 1. The van der Waals surface area contributed by atoms with Gasteiger partial charge in [0, 0.05) is 35.1 Å². The van der Waals surface area contributed by atoms with Gasteiger partial charge in [-0.05, 0) is 34.9 Å². The lowest BCUT2D eigenvalue weighted by Gasteiger charge is -2.14. The van der Waals surface area contributed by atoms with E-state index in [4.69, 9.17) is 17.3 Å². The summed E-state index contributed by atoms with van der Waals surface area (Å²) in [5.74, 6) is -0.267. The molecule has 112 valence electrons. The number of aromatic nitrogens is 1. The second-order valence-corrected chi connectivity index (χ2v) is 6.27. The first-order chi connectivity index (χ1) is 10.7. The summed E-state index contributed by atoms with van der Waals surface area (Å²) in [6.07, 6.45) is 2.32. The number of halogens is 2. The van der Waals surface area contributed by atoms with E-state index in [-0.39, 0.29) is 5.82 Å². The lowest BCUT2D eigenvalue weighted by molar-refractivity contribution is 0.626. The molecule has 0 unspecified atom stereocenters. The van der Waals surface area contributed by atoms with Crippen molar-refractivity contribution in [1.82, 2.24) is 4.98 Å². The van der Waals surface area contributed by atoms with Gasteiger partial charge in [-0.2, -0.15) is 0 Å². The van der Waals surface area contributed by atoms with Crippen LogP contribution in [-0.4, -0.2) is 4.98 Å². The normalized spacial score (nSPS) is 10.9. The van der Waals surface area contributed by atoms with Crippen molar-refractivity contribution in [2.75, 3.05) is 0 Å². The van der Waals surface area contributed by atoms with Crippen LogP contribution < -0.4 is 5.73 Å². The minimum Gasteiger partial charge on any atom is -0.326 e. The molecule has 0 bridgehead atoms. The van der Waals surface area contributed by atoms with E-state index in [1.165, 1.54) is 6.07 Å². The third kappa shape index (κ3) is 3.04. The van der Waals surface area contributed by atoms with Crippen LogP contribution in [0.25, 0.3) is 11.1 Å². The van der Waals surface area contributed by atoms with E-state index in [0.717, 1.165) is 27.3 Å². The predicted octanol–water partition coefficient (Wildman–Crippen LogP) is 4.65. The maximum Gasteiger partial charge on any atom is 0.123 e. The quantitative estimate of drug-likeness (QED) is 0.755. The predicted molar refractivity (Wildman–Crippen MR) is 89.7 cm³/mol. The highest BCUT2D eigenvalue weighted by Crippen LogP contribution is 2.35. The Bertz CT molecular complexity index is 787.